The highest BCUT2D eigenvalue weighted by Gasteiger charge is 2.49. The molecule has 0 N–H and O–H groups in total. The zero-order valence-electron chi connectivity index (χ0n) is 50.3. The first-order valence-electron chi connectivity index (χ1n) is 32.0. The average molecular weight is 1180 g/mol. The molecule has 14 aromatic carbocycles. The van der Waals surface area contributed by atoms with Gasteiger partial charge in [-0.15, -0.1) is 0 Å². The second-order valence-electron chi connectivity index (χ2n) is 24.8. The Kier molecular flexibility index (Phi) is 11.6. The number of fused-ring (bicyclic) bond motifs is 11. The highest BCUT2D eigenvalue weighted by Crippen LogP contribution is 2.62. The number of hydrogen-bond donors (Lipinski definition) is 0. The zero-order valence-corrected chi connectivity index (χ0v) is 50.3. The summed E-state index contributed by atoms with van der Waals surface area (Å²) in [7, 11) is 0. The van der Waals surface area contributed by atoms with Gasteiger partial charge in [0.25, 0.3) is 0 Å². The van der Waals surface area contributed by atoms with E-state index in [1.807, 2.05) is 0 Å². The summed E-state index contributed by atoms with van der Waals surface area (Å²) in [5, 5.41) is 4.57. The monoisotopic (exact) mass is 1170 g/mol. The lowest BCUT2D eigenvalue weighted by Gasteiger charge is -2.36. The number of rotatable bonds is 8. The predicted molar refractivity (Wildman–Crippen MR) is 377 cm³/mol. The number of benzene rings is 14. The molecule has 4 heteroatoms. The average Bonchev–Trinajstić information content (AvgIpc) is 1.46. The summed E-state index contributed by atoms with van der Waals surface area (Å²) in [4.78, 5) is 4.78. The second kappa shape index (κ2) is 20.4. The van der Waals surface area contributed by atoms with Crippen molar-refractivity contribution in [2.24, 2.45) is 0 Å². The molecule has 432 valence electrons. The van der Waals surface area contributed by atoms with Crippen molar-refractivity contribution >= 4 is 61.2 Å². The number of ether oxygens (including phenoxy) is 2. The second-order valence-corrected chi connectivity index (χ2v) is 24.8. The third kappa shape index (κ3) is 7.46. The molecule has 0 spiro atoms. The van der Waals surface area contributed by atoms with Gasteiger partial charge >= 0.3 is 0 Å². The first-order chi connectivity index (χ1) is 45.6. The summed E-state index contributed by atoms with van der Waals surface area (Å²) < 4.78 is 13.4. The predicted octanol–water partition coefficient (Wildman–Crippen LogP) is 23.3. The number of hydrogen-bond acceptors (Lipinski definition) is 4. The Morgan fingerprint density at radius 1 is 0.293 bits per heavy atom. The van der Waals surface area contributed by atoms with Crippen molar-refractivity contribution < 1.29 is 9.47 Å². The summed E-state index contributed by atoms with van der Waals surface area (Å²) in [5.74, 6) is 3.24. The minimum atomic E-state index is -0.622. The Hall–Kier alpha value is -11.7. The van der Waals surface area contributed by atoms with Gasteiger partial charge in [-0.3, -0.25) is 0 Å². The molecule has 2 heterocycles. The van der Waals surface area contributed by atoms with Crippen molar-refractivity contribution in [1.29, 1.82) is 0 Å². The zero-order chi connectivity index (χ0) is 60.5. The molecular formula is C88H58N2O2. The topological polar surface area (TPSA) is 24.9 Å². The number of allylic oxidation sites excluding steroid dienone is 4. The van der Waals surface area contributed by atoms with Crippen LogP contribution in [-0.2, 0) is 10.8 Å². The van der Waals surface area contributed by atoms with Gasteiger partial charge in [-0.1, -0.05) is 243 Å². The molecule has 0 radical (unpaired) electrons. The van der Waals surface area contributed by atoms with Crippen molar-refractivity contribution in [2.45, 2.75) is 23.7 Å². The normalized spacial score (nSPS) is 14.9. The van der Waals surface area contributed by atoms with Gasteiger partial charge in [0, 0.05) is 11.4 Å². The maximum absolute atomic E-state index is 6.70. The van der Waals surface area contributed by atoms with E-state index in [2.05, 4.69) is 337 Å². The molecule has 0 saturated carbocycles. The van der Waals surface area contributed by atoms with Crippen LogP contribution >= 0.6 is 0 Å². The Labute approximate surface area is 535 Å². The molecule has 0 atom stereocenters. The Morgan fingerprint density at radius 2 is 0.674 bits per heavy atom. The molecule has 0 fully saturated rings. The SMILES string of the molecule is C1=CC2=C(CC1)C(c1ccccc1)(c1ccccc1)c1cc(-c3c4ccc(N5c6ccccc6Oc6ccccc65)cc4c(-c4ccc5c(c4)C(c4ccccc4)(c4ccccc4)c4ccccc4-5)c4ccc(N5c6ccccc6Oc6ccccc65)cc34)ccc12. The van der Waals surface area contributed by atoms with E-state index in [-0.39, 0.29) is 0 Å². The standard InChI is InChI=1S/C88H58N2O2/c1-5-25-59(26-6-1)87(60-27-7-2-8-28-60)73-35-15-13-33-65(73)67-49-45-57(53-75(67)87)85-69-51-47-64(90-79-39-19-23-43-83(79)92-84-44-24-20-40-80(84)90)56-72(69)86(70-52-48-63(55-71(70)85)89-77-37-17-21-41-81(77)91-82-42-22-18-38-78(82)89)58-46-50-68-66-34-14-16-36-74(66)88(76(68)54-58,61-29-9-3-10-30-61)62-31-11-4-12-32-62/h1-15,17-35,37-56H,16,36H2. The summed E-state index contributed by atoms with van der Waals surface area (Å²) >= 11 is 0. The molecule has 2 aliphatic heterocycles. The Morgan fingerprint density at radius 3 is 1.14 bits per heavy atom. The Balaban J connectivity index is 0.954. The van der Waals surface area contributed by atoms with Crippen LogP contribution in [0.5, 0.6) is 23.0 Å². The van der Waals surface area contributed by atoms with E-state index in [0.717, 1.165) is 108 Å². The van der Waals surface area contributed by atoms with Crippen LogP contribution in [0, 0.1) is 0 Å². The maximum atomic E-state index is 6.70. The quantitative estimate of drug-likeness (QED) is 0.142. The van der Waals surface area contributed by atoms with Crippen molar-refractivity contribution in [3.8, 4) is 56.4 Å². The smallest absolute Gasteiger partial charge is 0.151 e. The number of para-hydroxylation sites is 8. The van der Waals surface area contributed by atoms with Crippen LogP contribution in [0.15, 0.2) is 333 Å². The maximum Gasteiger partial charge on any atom is 0.151 e. The molecule has 92 heavy (non-hydrogen) atoms. The van der Waals surface area contributed by atoms with Crippen LogP contribution in [-0.4, -0.2) is 0 Å². The van der Waals surface area contributed by atoms with Gasteiger partial charge in [-0.2, -0.15) is 0 Å². The highest BCUT2D eigenvalue weighted by atomic mass is 16.5. The fourth-order valence-electron chi connectivity index (χ4n) is 16.6. The number of anilines is 6. The van der Waals surface area contributed by atoms with Crippen molar-refractivity contribution in [3.63, 3.8) is 0 Å². The van der Waals surface area contributed by atoms with Crippen molar-refractivity contribution in [3.05, 3.63) is 378 Å². The summed E-state index contributed by atoms with van der Waals surface area (Å²) in [5.41, 5.74) is 24.9. The van der Waals surface area contributed by atoms with Gasteiger partial charge in [0.1, 0.15) is 0 Å². The van der Waals surface area contributed by atoms with E-state index in [1.165, 1.54) is 72.3 Å². The van der Waals surface area contributed by atoms with E-state index in [1.54, 1.807) is 0 Å². The third-order valence-electron chi connectivity index (χ3n) is 20.3. The van der Waals surface area contributed by atoms with Gasteiger partial charge in [0.15, 0.2) is 23.0 Å². The molecule has 4 nitrogen and oxygen atoms in total. The van der Waals surface area contributed by atoms with E-state index >= 15 is 0 Å². The van der Waals surface area contributed by atoms with E-state index in [0.29, 0.717) is 0 Å². The van der Waals surface area contributed by atoms with E-state index < -0.39 is 10.8 Å². The third-order valence-corrected chi connectivity index (χ3v) is 20.3. The molecular weight excluding hydrogens is 1120 g/mol. The minimum Gasteiger partial charge on any atom is -0.453 e. The van der Waals surface area contributed by atoms with Gasteiger partial charge < -0.3 is 19.3 Å². The summed E-state index contributed by atoms with van der Waals surface area (Å²) in [6, 6.07) is 117. The fourth-order valence-corrected chi connectivity index (χ4v) is 16.6. The van der Waals surface area contributed by atoms with Crippen molar-refractivity contribution in [2.75, 3.05) is 9.80 Å². The van der Waals surface area contributed by atoms with Gasteiger partial charge in [0.05, 0.1) is 33.6 Å². The summed E-state index contributed by atoms with van der Waals surface area (Å²) in [6.45, 7) is 0. The van der Waals surface area contributed by atoms with Gasteiger partial charge in [-0.05, 0) is 208 Å². The molecule has 0 saturated heterocycles. The molecule has 19 rings (SSSR count). The molecule has 0 bridgehead atoms. The first kappa shape index (κ1) is 52.2. The van der Waals surface area contributed by atoms with E-state index in [4.69, 9.17) is 9.47 Å². The lowest BCUT2D eigenvalue weighted by Crippen LogP contribution is -2.30. The van der Waals surface area contributed by atoms with Gasteiger partial charge in [0.2, 0.25) is 0 Å². The lowest BCUT2D eigenvalue weighted by atomic mass is 9.65. The lowest BCUT2D eigenvalue weighted by molar-refractivity contribution is 0.477. The molecule has 0 unspecified atom stereocenters. The van der Waals surface area contributed by atoms with Crippen LogP contribution in [0.2, 0.25) is 0 Å². The fraction of sp³-hybridized carbons (Fsp3) is 0.0455. The Bertz CT molecular complexity index is 5250. The van der Waals surface area contributed by atoms with Crippen LogP contribution in [0.3, 0.4) is 0 Å². The number of nitrogens with zero attached hydrogens (tertiary/aromatic N) is 2. The van der Waals surface area contributed by atoms with E-state index in [9.17, 15) is 0 Å². The summed E-state index contributed by atoms with van der Waals surface area (Å²) in [6.07, 6.45) is 6.72. The minimum absolute atomic E-state index is 0.540. The van der Waals surface area contributed by atoms with Gasteiger partial charge in [-0.25, -0.2) is 0 Å². The first-order valence-corrected chi connectivity index (χ1v) is 32.0. The molecule has 14 aromatic rings. The van der Waals surface area contributed by atoms with Crippen LogP contribution in [0.4, 0.5) is 34.1 Å². The molecule has 0 aromatic heterocycles. The van der Waals surface area contributed by atoms with Crippen LogP contribution < -0.4 is 19.3 Å². The largest absolute Gasteiger partial charge is 0.453 e. The highest BCUT2D eigenvalue weighted by molar-refractivity contribution is 6.23. The van der Waals surface area contributed by atoms with Crippen LogP contribution in [0.1, 0.15) is 57.3 Å². The van der Waals surface area contributed by atoms with Crippen LogP contribution in [0.25, 0.3) is 60.5 Å². The molecule has 5 aliphatic rings. The molecule has 0 amide bonds. The van der Waals surface area contributed by atoms with Crippen molar-refractivity contribution in [1.82, 2.24) is 0 Å². The molecule has 3 aliphatic carbocycles.